The number of carbonyl (C=O) groups excluding carboxylic acids is 1. The van der Waals surface area contributed by atoms with Gasteiger partial charge in [-0.3, -0.25) is 4.79 Å². The second-order valence-electron chi connectivity index (χ2n) is 7.38. The van der Waals surface area contributed by atoms with Crippen molar-refractivity contribution in [3.63, 3.8) is 0 Å². The minimum absolute atomic E-state index is 0.0815. The number of rotatable bonds is 6. The summed E-state index contributed by atoms with van der Waals surface area (Å²) in [7, 11) is 0. The van der Waals surface area contributed by atoms with Gasteiger partial charge in [0, 0.05) is 29.3 Å². The molecule has 5 heteroatoms. The Bertz CT molecular complexity index is 775. The molecule has 0 bridgehead atoms. The van der Waals surface area contributed by atoms with Crippen LogP contribution < -0.4 is 16.0 Å². The van der Waals surface area contributed by atoms with E-state index >= 15 is 0 Å². The summed E-state index contributed by atoms with van der Waals surface area (Å²) in [6.07, 6.45) is 2.78. The van der Waals surface area contributed by atoms with Gasteiger partial charge in [-0.25, -0.2) is 0 Å². The molecule has 2 aromatic carbocycles. The van der Waals surface area contributed by atoms with E-state index in [0.717, 1.165) is 12.8 Å². The highest BCUT2D eigenvalue weighted by Gasteiger charge is 2.41. The molecule has 0 spiro atoms. The summed E-state index contributed by atoms with van der Waals surface area (Å²) in [6, 6.07) is 16.8. The molecule has 1 atom stereocenters. The fourth-order valence-corrected chi connectivity index (χ4v) is 4.75. The molecule has 136 valence electrons. The van der Waals surface area contributed by atoms with Crippen molar-refractivity contribution in [2.24, 2.45) is 11.7 Å². The number of nitrogens with zero attached hydrogens (tertiary/aromatic N) is 1. The van der Waals surface area contributed by atoms with Crippen LogP contribution in [0.25, 0.3) is 0 Å². The molecule has 0 saturated heterocycles. The zero-order chi connectivity index (χ0) is 18.1. The molecule has 2 aliphatic rings. The summed E-state index contributed by atoms with van der Waals surface area (Å²) in [5, 5.41) is 3.20. The molecule has 1 aliphatic heterocycles. The van der Waals surface area contributed by atoms with E-state index in [0.29, 0.717) is 25.4 Å². The fourth-order valence-electron chi connectivity index (χ4n) is 3.66. The van der Waals surface area contributed by atoms with E-state index < -0.39 is 0 Å². The Hall–Kier alpha value is -1.98. The minimum Gasteiger partial charge on any atom is -0.349 e. The maximum Gasteiger partial charge on any atom is 0.222 e. The number of hydrogen-bond donors (Lipinski definition) is 2. The Morgan fingerprint density at radius 3 is 2.27 bits per heavy atom. The van der Waals surface area contributed by atoms with Gasteiger partial charge in [-0.2, -0.15) is 0 Å². The molecule has 1 saturated carbocycles. The Kier molecular flexibility index (Phi) is 4.67. The van der Waals surface area contributed by atoms with Gasteiger partial charge in [0.2, 0.25) is 5.91 Å². The summed E-state index contributed by atoms with van der Waals surface area (Å²) in [5.74, 6) is 0.613. The van der Waals surface area contributed by atoms with E-state index in [1.165, 1.54) is 21.2 Å². The van der Waals surface area contributed by atoms with Gasteiger partial charge in [0.15, 0.2) is 0 Å². The molecule has 0 radical (unpaired) electrons. The Morgan fingerprint density at radius 1 is 1.15 bits per heavy atom. The Labute approximate surface area is 159 Å². The van der Waals surface area contributed by atoms with Gasteiger partial charge in [0.1, 0.15) is 0 Å². The summed E-state index contributed by atoms with van der Waals surface area (Å²) in [5.41, 5.74) is 8.02. The lowest BCUT2D eigenvalue weighted by Crippen LogP contribution is -2.53. The van der Waals surface area contributed by atoms with E-state index in [2.05, 4.69) is 65.7 Å². The van der Waals surface area contributed by atoms with Crippen LogP contribution in [0.15, 0.2) is 58.3 Å². The molecule has 1 aliphatic carbocycles. The molecule has 1 unspecified atom stereocenters. The molecular formula is C21H25N3OS. The second-order valence-corrected chi connectivity index (χ2v) is 8.47. The van der Waals surface area contributed by atoms with E-state index in [-0.39, 0.29) is 11.4 Å². The van der Waals surface area contributed by atoms with Crippen molar-refractivity contribution in [3.05, 3.63) is 48.5 Å². The van der Waals surface area contributed by atoms with Gasteiger partial charge in [-0.1, -0.05) is 36.0 Å². The molecule has 4 nitrogen and oxygen atoms in total. The highest BCUT2D eigenvalue weighted by molar-refractivity contribution is 7.99. The number of para-hydroxylation sites is 2. The van der Waals surface area contributed by atoms with Crippen LogP contribution in [0.2, 0.25) is 0 Å². The van der Waals surface area contributed by atoms with E-state index in [1.54, 1.807) is 11.8 Å². The first-order valence-electron chi connectivity index (χ1n) is 9.25. The van der Waals surface area contributed by atoms with Crippen LogP contribution in [-0.2, 0) is 4.79 Å². The quantitative estimate of drug-likeness (QED) is 0.812. The maximum atomic E-state index is 12.6. The predicted octanol–water partition coefficient (Wildman–Crippen LogP) is 3.92. The number of carbonyl (C=O) groups is 1. The number of amides is 1. The van der Waals surface area contributed by atoms with Crippen LogP contribution in [0.4, 0.5) is 11.4 Å². The van der Waals surface area contributed by atoms with Gasteiger partial charge in [0.05, 0.1) is 16.9 Å². The highest BCUT2D eigenvalue weighted by atomic mass is 32.2. The normalized spacial score (nSPS) is 17.8. The molecule has 1 fully saturated rings. The number of fused-ring (bicyclic) bond motifs is 2. The van der Waals surface area contributed by atoms with Crippen LogP contribution in [0.3, 0.4) is 0 Å². The topological polar surface area (TPSA) is 58.4 Å². The molecule has 2 aromatic rings. The lowest BCUT2D eigenvalue weighted by Gasteiger charge is -2.33. The summed E-state index contributed by atoms with van der Waals surface area (Å²) < 4.78 is 0. The third kappa shape index (κ3) is 3.33. The van der Waals surface area contributed by atoms with Crippen LogP contribution in [-0.4, -0.2) is 24.5 Å². The third-order valence-corrected chi connectivity index (χ3v) is 6.55. The largest absolute Gasteiger partial charge is 0.349 e. The average Bonchev–Trinajstić information content (AvgIpc) is 3.50. The Morgan fingerprint density at radius 2 is 1.73 bits per heavy atom. The summed E-state index contributed by atoms with van der Waals surface area (Å²) in [4.78, 5) is 17.3. The maximum absolute atomic E-state index is 12.6. The first-order valence-corrected chi connectivity index (χ1v) is 10.1. The molecular weight excluding hydrogens is 342 g/mol. The molecule has 1 amide bonds. The summed E-state index contributed by atoms with van der Waals surface area (Å²) >= 11 is 1.79. The van der Waals surface area contributed by atoms with E-state index in [4.69, 9.17) is 5.73 Å². The van der Waals surface area contributed by atoms with Crippen LogP contribution in [0, 0.1) is 5.92 Å². The zero-order valence-electron chi connectivity index (χ0n) is 15.1. The highest BCUT2D eigenvalue weighted by Crippen LogP contribution is 2.47. The SMILES string of the molecule is CC(CN)(NC(=O)CCN1c2ccccc2Sc2ccccc21)C1CC1. The first kappa shape index (κ1) is 17.4. The molecule has 1 heterocycles. The first-order chi connectivity index (χ1) is 12.6. The van der Waals surface area contributed by atoms with Gasteiger partial charge < -0.3 is 16.0 Å². The van der Waals surface area contributed by atoms with Gasteiger partial charge in [-0.05, 0) is 49.9 Å². The predicted molar refractivity (Wildman–Crippen MR) is 107 cm³/mol. The number of nitrogens with one attached hydrogen (secondary N) is 1. The standard InChI is InChI=1S/C21H25N3OS/c1-21(14-22,15-10-11-15)23-20(25)12-13-24-16-6-2-4-8-18(16)26-19-9-5-3-7-17(19)24/h2-9,15H,10-14,22H2,1H3,(H,23,25). The lowest BCUT2D eigenvalue weighted by atomic mass is 9.96. The van der Waals surface area contributed by atoms with Crippen molar-refractivity contribution in [1.29, 1.82) is 0 Å². The van der Waals surface area contributed by atoms with Gasteiger partial charge >= 0.3 is 0 Å². The number of nitrogens with two attached hydrogens (primary N) is 1. The second kappa shape index (κ2) is 6.97. The third-order valence-electron chi connectivity index (χ3n) is 5.42. The molecule has 4 rings (SSSR count). The van der Waals surface area contributed by atoms with Crippen molar-refractivity contribution >= 4 is 29.0 Å². The number of hydrogen-bond acceptors (Lipinski definition) is 4. The smallest absolute Gasteiger partial charge is 0.222 e. The van der Waals surface area contributed by atoms with Crippen molar-refractivity contribution in [1.82, 2.24) is 5.32 Å². The monoisotopic (exact) mass is 367 g/mol. The van der Waals surface area contributed by atoms with Crippen molar-refractivity contribution in [3.8, 4) is 0 Å². The zero-order valence-corrected chi connectivity index (χ0v) is 15.9. The fraction of sp³-hybridized carbons (Fsp3) is 0.381. The average molecular weight is 368 g/mol. The van der Waals surface area contributed by atoms with Gasteiger partial charge in [-0.15, -0.1) is 0 Å². The van der Waals surface area contributed by atoms with Crippen LogP contribution in [0.5, 0.6) is 0 Å². The Balaban J connectivity index is 1.50. The molecule has 26 heavy (non-hydrogen) atoms. The molecule has 0 aromatic heterocycles. The van der Waals surface area contributed by atoms with E-state index in [1.807, 2.05) is 0 Å². The van der Waals surface area contributed by atoms with Crippen molar-refractivity contribution in [2.45, 2.75) is 41.5 Å². The van der Waals surface area contributed by atoms with Crippen LogP contribution >= 0.6 is 11.8 Å². The molecule has 3 N–H and O–H groups in total. The van der Waals surface area contributed by atoms with Gasteiger partial charge in [0.25, 0.3) is 0 Å². The lowest BCUT2D eigenvalue weighted by molar-refractivity contribution is -0.122. The summed E-state index contributed by atoms with van der Waals surface area (Å²) in [6.45, 7) is 3.23. The van der Waals surface area contributed by atoms with Crippen molar-refractivity contribution in [2.75, 3.05) is 18.0 Å². The van der Waals surface area contributed by atoms with E-state index in [9.17, 15) is 4.79 Å². The van der Waals surface area contributed by atoms with Crippen molar-refractivity contribution < 1.29 is 4.79 Å². The number of anilines is 2. The van der Waals surface area contributed by atoms with Crippen LogP contribution in [0.1, 0.15) is 26.2 Å². The number of benzene rings is 2. The minimum atomic E-state index is -0.259.